The average Bonchev–Trinajstić information content (AvgIpc) is 2.85. The van der Waals surface area contributed by atoms with Crippen molar-refractivity contribution < 1.29 is 0 Å². The zero-order chi connectivity index (χ0) is 11.8. The van der Waals surface area contributed by atoms with E-state index in [1.54, 1.807) is 0 Å². The van der Waals surface area contributed by atoms with Crippen LogP contribution in [-0.2, 0) is 6.54 Å². The van der Waals surface area contributed by atoms with Crippen LogP contribution in [-0.4, -0.2) is 14.5 Å². The number of nitrogens with zero attached hydrogens (tertiary/aromatic N) is 1. The number of imidazole rings is 1. The van der Waals surface area contributed by atoms with Crippen molar-refractivity contribution in [2.75, 3.05) is 0 Å². The molecule has 0 radical (unpaired) electrons. The standard InChI is InChI=1S/C11H9N3OS2/c15-11-12-7(6-17-11)5-14-9-4-2-1-3-8(9)13-10(14)16/h1-4,6H,5H2,(H,12,15)(H,13,16). The molecule has 86 valence electrons. The van der Waals surface area contributed by atoms with Crippen LogP contribution in [0.1, 0.15) is 5.69 Å². The van der Waals surface area contributed by atoms with Crippen LogP contribution in [0.15, 0.2) is 34.4 Å². The summed E-state index contributed by atoms with van der Waals surface area (Å²) >= 11 is 6.45. The molecule has 0 bridgehead atoms. The number of para-hydroxylation sites is 2. The molecule has 2 heterocycles. The highest BCUT2D eigenvalue weighted by Crippen LogP contribution is 2.14. The largest absolute Gasteiger partial charge is 0.331 e. The molecule has 0 atom stereocenters. The van der Waals surface area contributed by atoms with Crippen LogP contribution in [0.2, 0.25) is 0 Å². The Labute approximate surface area is 106 Å². The van der Waals surface area contributed by atoms with Gasteiger partial charge in [-0.2, -0.15) is 0 Å². The number of nitrogens with one attached hydrogen (secondary N) is 2. The molecule has 0 saturated carbocycles. The lowest BCUT2D eigenvalue weighted by molar-refractivity contribution is 0.789. The summed E-state index contributed by atoms with van der Waals surface area (Å²) in [6, 6.07) is 7.92. The second-order valence-corrected chi connectivity index (χ2v) is 4.94. The maximum absolute atomic E-state index is 11.1. The van der Waals surface area contributed by atoms with Crippen LogP contribution in [0.4, 0.5) is 0 Å². The van der Waals surface area contributed by atoms with E-state index in [9.17, 15) is 4.79 Å². The van der Waals surface area contributed by atoms with E-state index in [1.165, 1.54) is 11.3 Å². The Morgan fingerprint density at radius 1 is 1.29 bits per heavy atom. The van der Waals surface area contributed by atoms with Crippen LogP contribution in [0.25, 0.3) is 11.0 Å². The van der Waals surface area contributed by atoms with E-state index in [-0.39, 0.29) is 4.87 Å². The lowest BCUT2D eigenvalue weighted by atomic mass is 10.3. The number of H-pyrrole nitrogens is 2. The van der Waals surface area contributed by atoms with Crippen LogP contribution in [0, 0.1) is 4.77 Å². The summed E-state index contributed by atoms with van der Waals surface area (Å²) in [7, 11) is 0. The number of hydrogen-bond acceptors (Lipinski definition) is 3. The fourth-order valence-electron chi connectivity index (χ4n) is 1.83. The number of benzene rings is 1. The first-order valence-electron chi connectivity index (χ1n) is 5.08. The van der Waals surface area contributed by atoms with Gasteiger partial charge in [-0.1, -0.05) is 23.5 Å². The molecule has 2 N–H and O–H groups in total. The van der Waals surface area contributed by atoms with E-state index < -0.39 is 0 Å². The molecule has 3 aromatic rings. The third-order valence-electron chi connectivity index (χ3n) is 2.58. The van der Waals surface area contributed by atoms with E-state index in [0.29, 0.717) is 11.3 Å². The maximum atomic E-state index is 11.1. The van der Waals surface area contributed by atoms with E-state index in [2.05, 4.69) is 9.97 Å². The molecule has 0 aliphatic carbocycles. The molecule has 4 nitrogen and oxygen atoms in total. The van der Waals surface area contributed by atoms with Crippen molar-refractivity contribution >= 4 is 34.6 Å². The quantitative estimate of drug-likeness (QED) is 0.698. The summed E-state index contributed by atoms with van der Waals surface area (Å²) in [6.07, 6.45) is 0. The van der Waals surface area contributed by atoms with Crippen molar-refractivity contribution in [1.82, 2.24) is 14.5 Å². The summed E-state index contributed by atoms with van der Waals surface area (Å²) in [4.78, 5) is 17.0. The Balaban J connectivity index is 2.14. The van der Waals surface area contributed by atoms with Gasteiger partial charge in [-0.25, -0.2) is 0 Å². The molecular formula is C11H9N3OS2. The van der Waals surface area contributed by atoms with Crippen molar-refractivity contribution in [3.05, 3.63) is 49.8 Å². The summed E-state index contributed by atoms with van der Waals surface area (Å²) in [5, 5.41) is 1.83. The monoisotopic (exact) mass is 263 g/mol. The number of aromatic amines is 2. The van der Waals surface area contributed by atoms with Gasteiger partial charge in [0.25, 0.3) is 0 Å². The number of aromatic nitrogens is 3. The second kappa shape index (κ2) is 3.97. The molecule has 0 spiro atoms. The number of fused-ring (bicyclic) bond motifs is 1. The highest BCUT2D eigenvalue weighted by molar-refractivity contribution is 7.71. The van der Waals surface area contributed by atoms with E-state index in [1.807, 2.05) is 34.2 Å². The molecule has 1 aromatic carbocycles. The third kappa shape index (κ3) is 1.85. The van der Waals surface area contributed by atoms with Crippen LogP contribution in [0.5, 0.6) is 0 Å². The first-order chi connectivity index (χ1) is 8.24. The van der Waals surface area contributed by atoms with Gasteiger partial charge < -0.3 is 14.5 Å². The maximum Gasteiger partial charge on any atom is 0.304 e. The molecule has 0 aliphatic heterocycles. The van der Waals surface area contributed by atoms with Gasteiger partial charge in [0.2, 0.25) is 0 Å². The Morgan fingerprint density at radius 3 is 2.88 bits per heavy atom. The molecule has 3 rings (SSSR count). The smallest absolute Gasteiger partial charge is 0.304 e. The highest BCUT2D eigenvalue weighted by atomic mass is 32.1. The Hall–Kier alpha value is -1.66. The van der Waals surface area contributed by atoms with Crippen LogP contribution < -0.4 is 4.87 Å². The summed E-state index contributed by atoms with van der Waals surface area (Å²) in [6.45, 7) is 0.585. The van der Waals surface area contributed by atoms with Crippen LogP contribution in [0.3, 0.4) is 0 Å². The number of hydrogen-bond donors (Lipinski definition) is 2. The second-order valence-electron chi connectivity index (χ2n) is 3.71. The van der Waals surface area contributed by atoms with Gasteiger partial charge in [0, 0.05) is 11.1 Å². The SMILES string of the molecule is O=c1[nH]c(Cn2c(=S)[nH]c3ccccc32)cs1. The van der Waals surface area contributed by atoms with Gasteiger partial charge in [0.15, 0.2) is 4.77 Å². The minimum atomic E-state index is -0.0358. The fraction of sp³-hybridized carbons (Fsp3) is 0.0909. The zero-order valence-electron chi connectivity index (χ0n) is 8.77. The zero-order valence-corrected chi connectivity index (χ0v) is 10.4. The summed E-state index contributed by atoms with van der Waals surface area (Å²) in [5.74, 6) is 0. The predicted octanol–water partition coefficient (Wildman–Crippen LogP) is 2.50. The first kappa shape index (κ1) is 10.5. The van der Waals surface area contributed by atoms with Gasteiger partial charge in [-0.05, 0) is 24.4 Å². The van der Waals surface area contributed by atoms with E-state index >= 15 is 0 Å². The van der Waals surface area contributed by atoms with Gasteiger partial charge >= 0.3 is 4.87 Å². The minimum absolute atomic E-state index is 0.0358. The molecule has 2 aromatic heterocycles. The molecular weight excluding hydrogens is 254 g/mol. The van der Waals surface area contributed by atoms with Crippen LogP contribution >= 0.6 is 23.6 Å². The van der Waals surface area contributed by atoms with Gasteiger partial charge in [-0.15, -0.1) is 0 Å². The molecule has 0 amide bonds. The minimum Gasteiger partial charge on any atom is -0.331 e. The van der Waals surface area contributed by atoms with Crippen molar-refractivity contribution in [3.8, 4) is 0 Å². The fourth-order valence-corrected chi connectivity index (χ4v) is 2.67. The summed E-state index contributed by atoms with van der Waals surface area (Å²) < 4.78 is 2.64. The Morgan fingerprint density at radius 2 is 2.12 bits per heavy atom. The lowest BCUT2D eigenvalue weighted by Gasteiger charge is -2.01. The third-order valence-corrected chi connectivity index (χ3v) is 3.62. The molecule has 0 aliphatic rings. The molecule has 17 heavy (non-hydrogen) atoms. The summed E-state index contributed by atoms with van der Waals surface area (Å²) in [5.41, 5.74) is 2.93. The molecule has 0 fully saturated rings. The van der Waals surface area contributed by atoms with E-state index in [0.717, 1.165) is 16.7 Å². The van der Waals surface area contributed by atoms with Crippen molar-refractivity contribution in [2.24, 2.45) is 0 Å². The van der Waals surface area contributed by atoms with Crippen molar-refractivity contribution in [2.45, 2.75) is 6.54 Å². The predicted molar refractivity (Wildman–Crippen MR) is 71.2 cm³/mol. The number of thiazole rings is 1. The topological polar surface area (TPSA) is 53.6 Å². The van der Waals surface area contributed by atoms with Crippen molar-refractivity contribution in [1.29, 1.82) is 0 Å². The first-order valence-corrected chi connectivity index (χ1v) is 6.37. The number of rotatable bonds is 2. The molecule has 0 unspecified atom stereocenters. The van der Waals surface area contributed by atoms with Gasteiger partial charge in [-0.3, -0.25) is 4.79 Å². The Kier molecular flexibility index (Phi) is 2.45. The Bertz CT molecular complexity index is 777. The molecule has 0 saturated heterocycles. The molecule has 6 heteroatoms. The van der Waals surface area contributed by atoms with Gasteiger partial charge in [0.05, 0.1) is 17.6 Å². The highest BCUT2D eigenvalue weighted by Gasteiger charge is 2.05. The normalized spacial score (nSPS) is 11.1. The average molecular weight is 263 g/mol. The van der Waals surface area contributed by atoms with Crippen molar-refractivity contribution in [3.63, 3.8) is 0 Å². The van der Waals surface area contributed by atoms with E-state index in [4.69, 9.17) is 12.2 Å². The lowest BCUT2D eigenvalue weighted by Crippen LogP contribution is -2.02. The van der Waals surface area contributed by atoms with Gasteiger partial charge in [0.1, 0.15) is 0 Å².